The number of hydrogen-bond acceptors (Lipinski definition) is 3. The van der Waals surface area contributed by atoms with Crippen LogP contribution in [0.2, 0.25) is 10.0 Å². The third kappa shape index (κ3) is 6.38. The Labute approximate surface area is 181 Å². The zero-order valence-electron chi connectivity index (χ0n) is 16.9. The summed E-state index contributed by atoms with van der Waals surface area (Å²) in [5, 5.41) is 3.66. The number of halogens is 2. The fourth-order valence-electron chi connectivity index (χ4n) is 3.06. The van der Waals surface area contributed by atoms with Gasteiger partial charge >= 0.3 is 0 Å². The summed E-state index contributed by atoms with van der Waals surface area (Å²) in [6.45, 7) is 4.58. The number of ether oxygens (including phenoxy) is 1. The number of methoxy groups -OCH3 is 1. The molecule has 0 aliphatic rings. The number of carbonyl (C=O) groups excluding carboxylic acids is 2. The first-order chi connectivity index (χ1) is 13.9. The van der Waals surface area contributed by atoms with Gasteiger partial charge in [0.25, 0.3) is 0 Å². The quantitative estimate of drug-likeness (QED) is 0.629. The lowest BCUT2D eigenvalue weighted by Gasteiger charge is -2.30. The van der Waals surface area contributed by atoms with Crippen LogP contribution in [0.4, 0.5) is 0 Å². The molecule has 2 aromatic carbocycles. The number of carbonyl (C=O) groups is 2. The summed E-state index contributed by atoms with van der Waals surface area (Å²) in [5.41, 5.74) is 1.66. The summed E-state index contributed by atoms with van der Waals surface area (Å²) in [5.74, 6) is 0.418. The lowest BCUT2D eigenvalue weighted by Crippen LogP contribution is -2.49. The van der Waals surface area contributed by atoms with Gasteiger partial charge in [0.15, 0.2) is 0 Å². The standard InChI is InChI=1S/C22H26Cl2N2O3/c1-4-20(22(28)25-5-2)26(14-15-6-9-17(29-3)10-7-15)21(27)13-16-8-11-18(23)19(24)12-16/h6-12,20H,4-5,13-14H2,1-3H3,(H,25,28)/t20-/m1/s1. The van der Waals surface area contributed by atoms with Crippen molar-refractivity contribution in [3.63, 3.8) is 0 Å². The molecule has 2 aromatic rings. The van der Waals surface area contributed by atoms with Crippen molar-refractivity contribution in [2.24, 2.45) is 0 Å². The number of nitrogens with zero attached hydrogens (tertiary/aromatic N) is 1. The van der Waals surface area contributed by atoms with Gasteiger partial charge in [0.1, 0.15) is 11.8 Å². The summed E-state index contributed by atoms with van der Waals surface area (Å²) in [4.78, 5) is 27.4. The Morgan fingerprint density at radius 2 is 1.69 bits per heavy atom. The zero-order valence-corrected chi connectivity index (χ0v) is 18.4. The average molecular weight is 437 g/mol. The number of amides is 2. The third-order valence-electron chi connectivity index (χ3n) is 4.59. The Bertz CT molecular complexity index is 840. The molecule has 0 saturated carbocycles. The second-order valence-electron chi connectivity index (χ2n) is 6.61. The molecule has 0 fully saturated rings. The van der Waals surface area contributed by atoms with E-state index in [0.29, 0.717) is 29.6 Å². The van der Waals surface area contributed by atoms with Crippen LogP contribution >= 0.6 is 23.2 Å². The minimum Gasteiger partial charge on any atom is -0.497 e. The Balaban J connectivity index is 2.28. The Hall–Kier alpha value is -2.24. The van der Waals surface area contributed by atoms with Gasteiger partial charge in [-0.3, -0.25) is 9.59 Å². The van der Waals surface area contributed by atoms with Crippen molar-refractivity contribution in [1.29, 1.82) is 0 Å². The highest BCUT2D eigenvalue weighted by atomic mass is 35.5. The van der Waals surface area contributed by atoms with Gasteiger partial charge < -0.3 is 15.0 Å². The zero-order chi connectivity index (χ0) is 21.4. The predicted molar refractivity (Wildman–Crippen MR) is 116 cm³/mol. The summed E-state index contributed by atoms with van der Waals surface area (Å²) in [7, 11) is 1.60. The van der Waals surface area contributed by atoms with Crippen molar-refractivity contribution >= 4 is 35.0 Å². The van der Waals surface area contributed by atoms with Crippen molar-refractivity contribution in [2.75, 3.05) is 13.7 Å². The van der Waals surface area contributed by atoms with Crippen LogP contribution < -0.4 is 10.1 Å². The number of benzene rings is 2. The van der Waals surface area contributed by atoms with Gasteiger partial charge in [0.05, 0.1) is 23.6 Å². The Morgan fingerprint density at radius 1 is 1.03 bits per heavy atom. The van der Waals surface area contributed by atoms with E-state index in [4.69, 9.17) is 27.9 Å². The normalized spacial score (nSPS) is 11.6. The largest absolute Gasteiger partial charge is 0.497 e. The SMILES string of the molecule is CCNC(=O)[C@@H](CC)N(Cc1ccc(OC)cc1)C(=O)Cc1ccc(Cl)c(Cl)c1. The van der Waals surface area contributed by atoms with Gasteiger partial charge in [0, 0.05) is 13.1 Å². The molecule has 1 N–H and O–H groups in total. The van der Waals surface area contributed by atoms with Crippen LogP contribution in [0.5, 0.6) is 5.75 Å². The van der Waals surface area contributed by atoms with Gasteiger partial charge in [-0.2, -0.15) is 0 Å². The molecule has 0 aliphatic carbocycles. The van der Waals surface area contributed by atoms with Crippen LogP contribution in [-0.4, -0.2) is 36.4 Å². The first-order valence-corrected chi connectivity index (χ1v) is 10.3. The Morgan fingerprint density at radius 3 is 2.24 bits per heavy atom. The molecular weight excluding hydrogens is 411 g/mol. The van der Waals surface area contributed by atoms with Gasteiger partial charge in [-0.25, -0.2) is 0 Å². The fraction of sp³-hybridized carbons (Fsp3) is 0.364. The van der Waals surface area contributed by atoms with Crippen LogP contribution in [0.3, 0.4) is 0 Å². The second-order valence-corrected chi connectivity index (χ2v) is 7.43. The van der Waals surface area contributed by atoms with Gasteiger partial charge in [-0.1, -0.05) is 48.3 Å². The molecule has 156 valence electrons. The smallest absolute Gasteiger partial charge is 0.242 e. The maximum Gasteiger partial charge on any atom is 0.242 e. The molecule has 0 saturated heterocycles. The van der Waals surface area contributed by atoms with E-state index >= 15 is 0 Å². The van der Waals surface area contributed by atoms with E-state index < -0.39 is 6.04 Å². The van der Waals surface area contributed by atoms with Gasteiger partial charge in [-0.05, 0) is 48.7 Å². The van der Waals surface area contributed by atoms with Crippen LogP contribution in [-0.2, 0) is 22.6 Å². The number of likely N-dealkylation sites (N-methyl/N-ethyl adjacent to an activating group) is 1. The number of rotatable bonds is 9. The van der Waals surface area contributed by atoms with E-state index in [-0.39, 0.29) is 18.2 Å². The van der Waals surface area contributed by atoms with E-state index in [0.717, 1.165) is 16.9 Å². The molecule has 7 heteroatoms. The molecule has 0 heterocycles. The first kappa shape index (κ1) is 23.0. The highest BCUT2D eigenvalue weighted by molar-refractivity contribution is 6.42. The summed E-state index contributed by atoms with van der Waals surface area (Å²) < 4.78 is 5.19. The molecule has 1 atom stereocenters. The average Bonchev–Trinajstić information content (AvgIpc) is 2.71. The second kappa shape index (κ2) is 11.1. The van der Waals surface area contributed by atoms with E-state index in [1.54, 1.807) is 30.2 Å². The van der Waals surface area contributed by atoms with Crippen LogP contribution in [0.15, 0.2) is 42.5 Å². The van der Waals surface area contributed by atoms with Crippen LogP contribution in [0.25, 0.3) is 0 Å². The third-order valence-corrected chi connectivity index (χ3v) is 5.33. The monoisotopic (exact) mass is 436 g/mol. The van der Waals surface area contributed by atoms with E-state index in [2.05, 4.69) is 5.32 Å². The summed E-state index contributed by atoms with van der Waals surface area (Å²) >= 11 is 12.1. The molecule has 29 heavy (non-hydrogen) atoms. The number of hydrogen-bond donors (Lipinski definition) is 1. The van der Waals surface area contributed by atoms with Crippen molar-refractivity contribution in [2.45, 2.75) is 39.3 Å². The summed E-state index contributed by atoms with van der Waals surface area (Å²) in [6.07, 6.45) is 0.637. The fourth-order valence-corrected chi connectivity index (χ4v) is 3.39. The topological polar surface area (TPSA) is 58.6 Å². The van der Waals surface area contributed by atoms with Crippen molar-refractivity contribution in [3.05, 3.63) is 63.6 Å². The van der Waals surface area contributed by atoms with E-state index in [9.17, 15) is 9.59 Å². The number of nitrogens with one attached hydrogen (secondary N) is 1. The molecule has 2 amide bonds. The van der Waals surface area contributed by atoms with Crippen molar-refractivity contribution < 1.29 is 14.3 Å². The lowest BCUT2D eigenvalue weighted by atomic mass is 10.1. The Kier molecular flexibility index (Phi) is 8.80. The maximum atomic E-state index is 13.2. The molecule has 2 rings (SSSR count). The van der Waals surface area contributed by atoms with Crippen LogP contribution in [0, 0.1) is 0 Å². The van der Waals surface area contributed by atoms with E-state index in [1.165, 1.54) is 0 Å². The van der Waals surface area contributed by atoms with Gasteiger partial charge in [-0.15, -0.1) is 0 Å². The molecule has 0 aromatic heterocycles. The van der Waals surface area contributed by atoms with Crippen molar-refractivity contribution in [3.8, 4) is 5.75 Å². The lowest BCUT2D eigenvalue weighted by molar-refractivity contribution is -0.140. The molecule has 0 radical (unpaired) electrons. The predicted octanol–water partition coefficient (Wildman–Crippen LogP) is 4.49. The molecule has 5 nitrogen and oxygen atoms in total. The highest BCUT2D eigenvalue weighted by Gasteiger charge is 2.28. The summed E-state index contributed by atoms with van der Waals surface area (Å²) in [6, 6.07) is 12.0. The molecule has 0 bridgehead atoms. The molecule has 0 unspecified atom stereocenters. The maximum absolute atomic E-state index is 13.2. The van der Waals surface area contributed by atoms with Gasteiger partial charge in [0.2, 0.25) is 11.8 Å². The first-order valence-electron chi connectivity index (χ1n) is 9.53. The molecular formula is C22H26Cl2N2O3. The minimum atomic E-state index is -0.563. The highest BCUT2D eigenvalue weighted by Crippen LogP contribution is 2.24. The van der Waals surface area contributed by atoms with Crippen LogP contribution in [0.1, 0.15) is 31.4 Å². The van der Waals surface area contributed by atoms with E-state index in [1.807, 2.05) is 38.1 Å². The molecule has 0 spiro atoms. The van der Waals surface area contributed by atoms with Crippen molar-refractivity contribution in [1.82, 2.24) is 10.2 Å². The molecule has 0 aliphatic heterocycles. The minimum absolute atomic E-state index is 0.128.